The highest BCUT2D eigenvalue weighted by Crippen LogP contribution is 2.29. The number of nitrogens with two attached hydrogens (primary N) is 1. The summed E-state index contributed by atoms with van der Waals surface area (Å²) in [6, 6.07) is 10.5. The molecule has 0 saturated carbocycles. The van der Waals surface area contributed by atoms with E-state index in [1.54, 1.807) is 30.3 Å². The molecule has 0 fully saturated rings. The van der Waals surface area contributed by atoms with Gasteiger partial charge in [-0.15, -0.1) is 0 Å². The molecule has 0 bridgehead atoms. The maximum absolute atomic E-state index is 10.7. The molecule has 9 heteroatoms. The van der Waals surface area contributed by atoms with Gasteiger partial charge in [0.1, 0.15) is 6.61 Å². The maximum Gasteiger partial charge on any atom is 0.332 e. The second kappa shape index (κ2) is 9.02. The van der Waals surface area contributed by atoms with E-state index >= 15 is 0 Å². The Balaban J connectivity index is 2.08. The van der Waals surface area contributed by atoms with Gasteiger partial charge in [-0.1, -0.05) is 0 Å². The van der Waals surface area contributed by atoms with Crippen molar-refractivity contribution in [2.45, 2.75) is 13.5 Å². The lowest BCUT2D eigenvalue weighted by molar-refractivity contribution is -0.384. The van der Waals surface area contributed by atoms with Crippen LogP contribution in [-0.4, -0.2) is 23.8 Å². The Morgan fingerprint density at radius 2 is 1.96 bits per heavy atom. The number of nitro groups is 1. The monoisotopic (exact) mass is 358 g/mol. The lowest BCUT2D eigenvalue weighted by Crippen LogP contribution is -2.24. The van der Waals surface area contributed by atoms with E-state index in [4.69, 9.17) is 15.2 Å². The van der Waals surface area contributed by atoms with E-state index in [1.807, 2.05) is 6.92 Å². The minimum Gasteiger partial charge on any atom is -0.490 e. The predicted octanol–water partition coefficient (Wildman–Crippen LogP) is 2.57. The molecule has 9 nitrogen and oxygen atoms in total. The molecule has 0 atom stereocenters. The van der Waals surface area contributed by atoms with Crippen LogP contribution < -0.4 is 20.6 Å². The summed E-state index contributed by atoms with van der Waals surface area (Å²) in [6.45, 7) is 2.51. The molecule has 2 rings (SSSR count). The summed E-state index contributed by atoms with van der Waals surface area (Å²) in [6.07, 6.45) is 1.42. The zero-order valence-electron chi connectivity index (χ0n) is 14.0. The third-order valence-electron chi connectivity index (χ3n) is 3.20. The van der Waals surface area contributed by atoms with Crippen LogP contribution in [0.3, 0.4) is 0 Å². The number of urea groups is 1. The van der Waals surface area contributed by atoms with E-state index in [-0.39, 0.29) is 12.3 Å². The van der Waals surface area contributed by atoms with Crippen LogP contribution in [-0.2, 0) is 6.61 Å². The number of nitrogens with zero attached hydrogens (tertiary/aromatic N) is 2. The molecule has 0 aliphatic rings. The van der Waals surface area contributed by atoms with E-state index in [2.05, 4.69) is 10.5 Å². The number of nitro benzene ring substituents is 1. The molecule has 0 saturated heterocycles. The Morgan fingerprint density at radius 3 is 2.58 bits per heavy atom. The van der Waals surface area contributed by atoms with Crippen LogP contribution in [0.1, 0.15) is 18.1 Å². The highest BCUT2D eigenvalue weighted by molar-refractivity contribution is 5.82. The molecule has 0 aromatic heterocycles. The fourth-order valence-electron chi connectivity index (χ4n) is 2.04. The minimum absolute atomic E-state index is 0.0250. The van der Waals surface area contributed by atoms with Gasteiger partial charge in [0, 0.05) is 12.1 Å². The van der Waals surface area contributed by atoms with Gasteiger partial charge in [0.2, 0.25) is 0 Å². The lowest BCUT2D eigenvalue weighted by Gasteiger charge is -2.12. The number of primary amides is 1. The van der Waals surface area contributed by atoms with Crippen molar-refractivity contribution in [1.29, 1.82) is 0 Å². The molecule has 0 heterocycles. The Hall–Kier alpha value is -3.62. The van der Waals surface area contributed by atoms with Gasteiger partial charge in [-0.2, -0.15) is 5.10 Å². The van der Waals surface area contributed by atoms with Gasteiger partial charge in [0.15, 0.2) is 11.5 Å². The molecule has 0 aliphatic carbocycles. The number of hydrogen-bond acceptors (Lipinski definition) is 6. The summed E-state index contributed by atoms with van der Waals surface area (Å²) in [7, 11) is 0. The van der Waals surface area contributed by atoms with Crippen molar-refractivity contribution in [2.24, 2.45) is 10.8 Å². The number of nitrogens with one attached hydrogen (secondary N) is 1. The summed E-state index contributed by atoms with van der Waals surface area (Å²) in [5, 5.41) is 14.4. The van der Waals surface area contributed by atoms with Crippen molar-refractivity contribution >= 4 is 17.9 Å². The topological polar surface area (TPSA) is 129 Å². The molecule has 2 amide bonds. The van der Waals surface area contributed by atoms with Crippen molar-refractivity contribution < 1.29 is 19.2 Å². The Labute approximate surface area is 149 Å². The van der Waals surface area contributed by atoms with Crippen LogP contribution in [0.25, 0.3) is 0 Å². The molecule has 0 unspecified atom stereocenters. The Kier molecular flexibility index (Phi) is 6.49. The number of hydrazone groups is 1. The molecule has 3 N–H and O–H groups in total. The van der Waals surface area contributed by atoms with Crippen molar-refractivity contribution in [3.63, 3.8) is 0 Å². The molecular weight excluding hydrogens is 340 g/mol. The molecule has 136 valence electrons. The molecule has 2 aromatic rings. The van der Waals surface area contributed by atoms with E-state index in [1.165, 1.54) is 18.3 Å². The third kappa shape index (κ3) is 5.48. The van der Waals surface area contributed by atoms with E-state index in [9.17, 15) is 14.9 Å². The van der Waals surface area contributed by atoms with Crippen LogP contribution in [0.5, 0.6) is 11.5 Å². The fourth-order valence-corrected chi connectivity index (χ4v) is 2.04. The van der Waals surface area contributed by atoms with Crippen molar-refractivity contribution in [3.05, 3.63) is 63.7 Å². The first kappa shape index (κ1) is 18.7. The lowest BCUT2D eigenvalue weighted by atomic mass is 10.2. The number of amides is 2. The molecular formula is C17H18N4O5. The van der Waals surface area contributed by atoms with Crippen LogP contribution in [0, 0.1) is 10.1 Å². The Morgan fingerprint density at radius 1 is 1.23 bits per heavy atom. The summed E-state index contributed by atoms with van der Waals surface area (Å²) >= 11 is 0. The average molecular weight is 358 g/mol. The van der Waals surface area contributed by atoms with Gasteiger partial charge >= 0.3 is 6.03 Å². The fraction of sp³-hybridized carbons (Fsp3) is 0.176. The zero-order valence-corrected chi connectivity index (χ0v) is 14.0. The zero-order chi connectivity index (χ0) is 18.9. The first-order chi connectivity index (χ1) is 12.5. The van der Waals surface area contributed by atoms with Crippen LogP contribution >= 0.6 is 0 Å². The normalized spacial score (nSPS) is 10.5. The summed E-state index contributed by atoms with van der Waals surface area (Å²) in [5.41, 5.74) is 8.54. The van der Waals surface area contributed by atoms with Crippen LogP contribution in [0.4, 0.5) is 10.5 Å². The average Bonchev–Trinajstić information content (AvgIpc) is 2.61. The Bertz CT molecular complexity index is 805. The highest BCUT2D eigenvalue weighted by Gasteiger charge is 2.08. The maximum atomic E-state index is 10.7. The number of benzene rings is 2. The van der Waals surface area contributed by atoms with Gasteiger partial charge < -0.3 is 15.2 Å². The van der Waals surface area contributed by atoms with Crippen molar-refractivity contribution in [1.82, 2.24) is 5.43 Å². The summed E-state index contributed by atoms with van der Waals surface area (Å²) in [5.74, 6) is 1.03. The van der Waals surface area contributed by atoms with Gasteiger partial charge in [-0.05, 0) is 48.4 Å². The quantitative estimate of drug-likeness (QED) is 0.425. The number of ether oxygens (including phenoxy) is 2. The van der Waals surface area contributed by atoms with Crippen molar-refractivity contribution in [2.75, 3.05) is 6.61 Å². The number of carbonyl (C=O) groups is 1. The standard InChI is InChI=1S/C17H18N4O5/c1-2-25-16-9-13(10-19-20-17(18)22)5-8-15(16)26-11-12-3-6-14(7-4-12)21(23)24/h3-10H,2,11H2,1H3,(H3,18,20,22)/b19-10-. The first-order valence-electron chi connectivity index (χ1n) is 7.71. The summed E-state index contributed by atoms with van der Waals surface area (Å²) in [4.78, 5) is 20.8. The van der Waals surface area contributed by atoms with E-state index in [0.29, 0.717) is 23.7 Å². The molecule has 2 aromatic carbocycles. The van der Waals surface area contributed by atoms with Gasteiger partial charge in [-0.3, -0.25) is 10.1 Å². The van der Waals surface area contributed by atoms with Gasteiger partial charge in [0.25, 0.3) is 5.69 Å². The second-order valence-corrected chi connectivity index (χ2v) is 5.09. The molecule has 0 aliphatic heterocycles. The first-order valence-corrected chi connectivity index (χ1v) is 7.71. The number of hydrogen-bond donors (Lipinski definition) is 2. The predicted molar refractivity (Wildman–Crippen MR) is 95.4 cm³/mol. The van der Waals surface area contributed by atoms with Gasteiger partial charge in [-0.25, -0.2) is 10.2 Å². The smallest absolute Gasteiger partial charge is 0.332 e. The van der Waals surface area contributed by atoms with E-state index in [0.717, 1.165) is 5.56 Å². The number of rotatable bonds is 8. The van der Waals surface area contributed by atoms with Crippen LogP contribution in [0.2, 0.25) is 0 Å². The number of carbonyl (C=O) groups excluding carboxylic acids is 1. The third-order valence-corrected chi connectivity index (χ3v) is 3.20. The highest BCUT2D eigenvalue weighted by atomic mass is 16.6. The second-order valence-electron chi connectivity index (χ2n) is 5.09. The minimum atomic E-state index is -0.755. The largest absolute Gasteiger partial charge is 0.490 e. The SMILES string of the molecule is CCOc1cc(/C=N\NC(N)=O)ccc1OCc1ccc([N+](=O)[O-])cc1. The molecule has 0 radical (unpaired) electrons. The molecule has 0 spiro atoms. The van der Waals surface area contributed by atoms with Crippen molar-refractivity contribution in [3.8, 4) is 11.5 Å². The molecule has 26 heavy (non-hydrogen) atoms. The van der Waals surface area contributed by atoms with E-state index < -0.39 is 11.0 Å². The van der Waals surface area contributed by atoms with Gasteiger partial charge in [0.05, 0.1) is 17.7 Å². The number of non-ortho nitro benzene ring substituents is 1. The summed E-state index contributed by atoms with van der Waals surface area (Å²) < 4.78 is 11.3. The van der Waals surface area contributed by atoms with Crippen LogP contribution in [0.15, 0.2) is 47.6 Å².